The van der Waals surface area contributed by atoms with E-state index in [4.69, 9.17) is 12.2 Å². The van der Waals surface area contributed by atoms with Gasteiger partial charge in [-0.15, -0.1) is 0 Å². The largest absolute Gasteiger partial charge is 0.330 e. The molecule has 1 aromatic carbocycles. The topological polar surface area (TPSA) is 59.7 Å². The molecule has 0 atom stereocenters. The summed E-state index contributed by atoms with van der Waals surface area (Å²) >= 11 is 5.42. The van der Waals surface area contributed by atoms with Gasteiger partial charge >= 0.3 is 0 Å². The molecule has 3 aromatic rings. The predicted octanol–water partition coefficient (Wildman–Crippen LogP) is 3.54. The summed E-state index contributed by atoms with van der Waals surface area (Å²) in [5.74, 6) is -0.250. The molecule has 0 aliphatic carbocycles. The lowest BCUT2D eigenvalue weighted by Gasteiger charge is -2.11. The van der Waals surface area contributed by atoms with Crippen LogP contribution in [0.25, 0.3) is 0 Å². The molecule has 0 aliphatic heterocycles. The Labute approximate surface area is 157 Å². The lowest BCUT2D eigenvalue weighted by Crippen LogP contribution is -2.20. The molecule has 0 spiro atoms. The Bertz CT molecular complexity index is 959. The first-order valence-corrected chi connectivity index (χ1v) is 8.61. The molecule has 0 amide bonds. The van der Waals surface area contributed by atoms with E-state index in [1.54, 1.807) is 16.9 Å². The van der Waals surface area contributed by atoms with Crippen LogP contribution in [0.15, 0.2) is 30.5 Å². The molecule has 3 rings (SSSR count). The molecule has 136 valence electrons. The fourth-order valence-corrected chi connectivity index (χ4v) is 2.94. The first kappa shape index (κ1) is 18.1. The monoisotopic (exact) mass is 372 g/mol. The molecule has 0 saturated heterocycles. The maximum Gasteiger partial charge on any atom is 0.175 e. The number of aromatic nitrogens is 4. The smallest absolute Gasteiger partial charge is 0.175 e. The summed E-state index contributed by atoms with van der Waals surface area (Å²) in [6.07, 6.45) is 1.73. The van der Waals surface area contributed by atoms with E-state index >= 15 is 0 Å². The highest BCUT2D eigenvalue weighted by molar-refractivity contribution is 7.80. The van der Waals surface area contributed by atoms with E-state index in [-0.39, 0.29) is 5.82 Å². The number of anilines is 2. The summed E-state index contributed by atoms with van der Waals surface area (Å²) in [5.41, 5.74) is 5.30. The molecular formula is C18H21FN6S. The first-order chi connectivity index (χ1) is 12.3. The second-order valence-electron chi connectivity index (χ2n) is 6.18. The number of thiocarbonyl (C=S) groups is 1. The summed E-state index contributed by atoms with van der Waals surface area (Å²) in [6.45, 7) is 6.33. The Balaban J connectivity index is 1.75. The molecular weight excluding hydrogens is 351 g/mol. The van der Waals surface area contributed by atoms with Gasteiger partial charge in [-0.3, -0.25) is 9.36 Å². The second-order valence-corrected chi connectivity index (χ2v) is 6.59. The average molecular weight is 372 g/mol. The lowest BCUT2D eigenvalue weighted by atomic mass is 10.2. The average Bonchev–Trinajstić information content (AvgIpc) is 3.03. The van der Waals surface area contributed by atoms with E-state index in [1.807, 2.05) is 38.6 Å². The van der Waals surface area contributed by atoms with Crippen molar-refractivity contribution in [2.75, 3.05) is 10.6 Å². The van der Waals surface area contributed by atoms with Crippen LogP contribution in [0.4, 0.5) is 15.8 Å². The van der Waals surface area contributed by atoms with Crippen LogP contribution >= 0.6 is 12.2 Å². The number of hydrogen-bond donors (Lipinski definition) is 2. The highest BCUT2D eigenvalue weighted by Gasteiger charge is 2.14. The maximum absolute atomic E-state index is 13.4. The number of aryl methyl sites for hydroxylation is 2. The van der Waals surface area contributed by atoms with E-state index in [0.29, 0.717) is 11.7 Å². The minimum Gasteiger partial charge on any atom is -0.330 e. The van der Waals surface area contributed by atoms with Crippen molar-refractivity contribution in [3.05, 3.63) is 58.9 Å². The van der Waals surface area contributed by atoms with Gasteiger partial charge < -0.3 is 10.6 Å². The predicted molar refractivity (Wildman–Crippen MR) is 105 cm³/mol. The Morgan fingerprint density at radius 2 is 1.96 bits per heavy atom. The van der Waals surface area contributed by atoms with Crippen LogP contribution in [0, 0.1) is 26.6 Å². The van der Waals surface area contributed by atoms with Crippen LogP contribution in [-0.2, 0) is 13.6 Å². The van der Waals surface area contributed by atoms with Gasteiger partial charge in [-0.05, 0) is 50.7 Å². The number of hydrogen-bond acceptors (Lipinski definition) is 3. The lowest BCUT2D eigenvalue weighted by molar-refractivity contribution is 0.616. The van der Waals surface area contributed by atoms with E-state index in [2.05, 4.69) is 20.8 Å². The zero-order valence-electron chi connectivity index (χ0n) is 15.2. The Morgan fingerprint density at radius 1 is 1.19 bits per heavy atom. The third-order valence-corrected chi connectivity index (χ3v) is 4.53. The van der Waals surface area contributed by atoms with Gasteiger partial charge in [0.2, 0.25) is 0 Å². The van der Waals surface area contributed by atoms with Crippen molar-refractivity contribution in [1.82, 2.24) is 19.6 Å². The molecule has 6 nitrogen and oxygen atoms in total. The standard InChI is InChI=1S/C18H21FN6S/c1-11-17(22-18(26)21-16-9-20-24(4)12(16)2)13(3)25(23-11)10-14-6-5-7-15(19)8-14/h5-9H,10H2,1-4H3,(H2,21,22,26). The molecule has 26 heavy (non-hydrogen) atoms. The number of halogens is 1. The summed E-state index contributed by atoms with van der Waals surface area (Å²) in [5, 5.41) is 15.6. The fraction of sp³-hybridized carbons (Fsp3) is 0.278. The Morgan fingerprint density at radius 3 is 2.62 bits per heavy atom. The molecule has 0 aliphatic rings. The third-order valence-electron chi connectivity index (χ3n) is 4.32. The van der Waals surface area contributed by atoms with Gasteiger partial charge in [-0.25, -0.2) is 4.39 Å². The van der Waals surface area contributed by atoms with E-state index in [0.717, 1.165) is 34.0 Å². The SMILES string of the molecule is Cc1nn(Cc2cccc(F)c2)c(C)c1NC(=S)Nc1cnn(C)c1C. The number of nitrogens with zero attached hydrogens (tertiary/aromatic N) is 4. The van der Waals surface area contributed by atoms with Gasteiger partial charge in [-0.1, -0.05) is 12.1 Å². The van der Waals surface area contributed by atoms with Gasteiger partial charge in [0.15, 0.2) is 5.11 Å². The second kappa shape index (κ2) is 7.25. The van der Waals surface area contributed by atoms with Crippen molar-refractivity contribution in [2.24, 2.45) is 7.05 Å². The van der Waals surface area contributed by atoms with Crippen LogP contribution < -0.4 is 10.6 Å². The van der Waals surface area contributed by atoms with Crippen LogP contribution in [-0.4, -0.2) is 24.7 Å². The minimum absolute atomic E-state index is 0.250. The van der Waals surface area contributed by atoms with Crippen molar-refractivity contribution in [1.29, 1.82) is 0 Å². The van der Waals surface area contributed by atoms with E-state index < -0.39 is 0 Å². The quantitative estimate of drug-likeness (QED) is 0.686. The Hall–Kier alpha value is -2.74. The molecule has 8 heteroatoms. The highest BCUT2D eigenvalue weighted by atomic mass is 32.1. The highest BCUT2D eigenvalue weighted by Crippen LogP contribution is 2.21. The van der Waals surface area contributed by atoms with Crippen molar-refractivity contribution in [3.8, 4) is 0 Å². The number of benzene rings is 1. The molecule has 0 unspecified atom stereocenters. The van der Waals surface area contributed by atoms with Crippen LogP contribution in [0.5, 0.6) is 0 Å². The summed E-state index contributed by atoms with van der Waals surface area (Å²) < 4.78 is 17.0. The van der Waals surface area contributed by atoms with Gasteiger partial charge in [0.25, 0.3) is 0 Å². The van der Waals surface area contributed by atoms with E-state index in [1.165, 1.54) is 12.1 Å². The molecule has 2 aromatic heterocycles. The maximum atomic E-state index is 13.4. The minimum atomic E-state index is -0.250. The first-order valence-electron chi connectivity index (χ1n) is 8.20. The van der Waals surface area contributed by atoms with Crippen LogP contribution in [0.1, 0.15) is 22.6 Å². The summed E-state index contributed by atoms with van der Waals surface area (Å²) in [4.78, 5) is 0. The zero-order valence-corrected chi connectivity index (χ0v) is 16.0. The van der Waals surface area contributed by atoms with Crippen LogP contribution in [0.3, 0.4) is 0 Å². The third kappa shape index (κ3) is 3.75. The summed E-state index contributed by atoms with van der Waals surface area (Å²) in [7, 11) is 1.88. The molecule has 0 saturated carbocycles. The van der Waals surface area contributed by atoms with Gasteiger partial charge in [0.05, 0.1) is 41.2 Å². The molecule has 0 fully saturated rings. The van der Waals surface area contributed by atoms with Gasteiger partial charge in [-0.2, -0.15) is 10.2 Å². The molecule has 2 N–H and O–H groups in total. The number of nitrogens with one attached hydrogen (secondary N) is 2. The Kier molecular flexibility index (Phi) is 5.03. The van der Waals surface area contributed by atoms with Crippen molar-refractivity contribution >= 4 is 28.7 Å². The van der Waals surface area contributed by atoms with Crippen LogP contribution in [0.2, 0.25) is 0 Å². The fourth-order valence-electron chi connectivity index (χ4n) is 2.73. The van der Waals surface area contributed by atoms with Crippen molar-refractivity contribution < 1.29 is 4.39 Å². The summed E-state index contributed by atoms with van der Waals surface area (Å²) in [6, 6.07) is 6.53. The van der Waals surface area contributed by atoms with Gasteiger partial charge in [0, 0.05) is 7.05 Å². The van der Waals surface area contributed by atoms with Crippen molar-refractivity contribution in [2.45, 2.75) is 27.3 Å². The van der Waals surface area contributed by atoms with Crippen molar-refractivity contribution in [3.63, 3.8) is 0 Å². The zero-order chi connectivity index (χ0) is 18.8. The number of rotatable bonds is 4. The normalized spacial score (nSPS) is 10.8. The molecule has 0 bridgehead atoms. The van der Waals surface area contributed by atoms with E-state index in [9.17, 15) is 4.39 Å². The molecule has 0 radical (unpaired) electrons. The molecule has 2 heterocycles. The van der Waals surface area contributed by atoms with Gasteiger partial charge in [0.1, 0.15) is 5.82 Å².